The zero-order valence-corrected chi connectivity index (χ0v) is 37.4. The minimum atomic E-state index is -0.172. The summed E-state index contributed by atoms with van der Waals surface area (Å²) in [7, 11) is 0. The first kappa shape index (κ1) is 41.3. The van der Waals surface area contributed by atoms with Gasteiger partial charge in [-0.2, -0.15) is 24.7 Å². The number of carbonyl (C=O) groups excluding carboxylic acids is 1. The fourth-order valence-electron chi connectivity index (χ4n) is 9.64. The van der Waals surface area contributed by atoms with Gasteiger partial charge in [0.2, 0.25) is 11.9 Å². The first-order valence-corrected chi connectivity index (χ1v) is 22.9. The number of aromatic amines is 1. The quantitative estimate of drug-likeness (QED) is 0.107. The third kappa shape index (κ3) is 8.03. The summed E-state index contributed by atoms with van der Waals surface area (Å²) >= 11 is 0. The summed E-state index contributed by atoms with van der Waals surface area (Å²) in [5.74, 6) is 4.03. The minimum Gasteiger partial charge on any atom is -0.457 e. The summed E-state index contributed by atoms with van der Waals surface area (Å²) in [6.07, 6.45) is 7.18. The van der Waals surface area contributed by atoms with E-state index in [2.05, 4.69) is 69.6 Å². The Morgan fingerprint density at radius 3 is 2.50 bits per heavy atom. The number of benzene rings is 3. The van der Waals surface area contributed by atoms with Crippen molar-refractivity contribution in [2.24, 2.45) is 0 Å². The van der Waals surface area contributed by atoms with Crippen LogP contribution in [0, 0.1) is 6.92 Å². The number of amides is 1. The Kier molecular flexibility index (Phi) is 10.6. The summed E-state index contributed by atoms with van der Waals surface area (Å²) in [5, 5.41) is 14.3. The predicted molar refractivity (Wildman–Crippen MR) is 255 cm³/mol. The van der Waals surface area contributed by atoms with Crippen LogP contribution in [-0.2, 0) is 11.3 Å². The van der Waals surface area contributed by atoms with Crippen LogP contribution in [0.2, 0.25) is 0 Å². The highest BCUT2D eigenvalue weighted by atomic mass is 16.5. The van der Waals surface area contributed by atoms with E-state index in [1.54, 1.807) is 0 Å². The molecule has 3 aliphatic rings. The number of anilines is 3. The molecule has 0 bridgehead atoms. The fourth-order valence-corrected chi connectivity index (χ4v) is 9.64. The zero-order chi connectivity index (χ0) is 45.1. The number of ether oxygens (including phenoxy) is 1. The lowest BCUT2D eigenvalue weighted by Gasteiger charge is -2.36. The number of rotatable bonds is 12. The zero-order valence-electron chi connectivity index (χ0n) is 37.4. The SMILES string of the molecule is C=C(CN(Cc1nc2ccc(C)cc2[nH]1)c1nc(N2C[C@@H](C)N[C@@H](C)C2)nc2c(C3CC3)cnn12)C(=O)N1CCC[C@@H](n2nc(-c3ccc(Oc4ccccc4)cc3)c3c(N)ncnc32)C1. The van der Waals surface area contributed by atoms with E-state index in [0.29, 0.717) is 71.3 Å². The van der Waals surface area contributed by atoms with Gasteiger partial charge in [-0.25, -0.2) is 19.6 Å². The van der Waals surface area contributed by atoms with Crippen LogP contribution in [-0.4, -0.2) is 105 Å². The third-order valence-corrected chi connectivity index (χ3v) is 12.9. The Bertz CT molecular complexity index is 3090. The van der Waals surface area contributed by atoms with E-state index in [-0.39, 0.29) is 30.6 Å². The Hall–Kier alpha value is -7.40. The minimum absolute atomic E-state index is 0.140. The van der Waals surface area contributed by atoms with E-state index in [1.807, 2.05) is 81.0 Å². The van der Waals surface area contributed by atoms with Crippen LogP contribution in [0.1, 0.15) is 68.4 Å². The summed E-state index contributed by atoms with van der Waals surface area (Å²) in [4.78, 5) is 49.0. The number of piperidine rings is 1. The molecule has 0 spiro atoms. The predicted octanol–water partition coefficient (Wildman–Crippen LogP) is 6.98. The molecule has 11 rings (SSSR count). The number of piperazine rings is 1. The molecule has 336 valence electrons. The average molecular weight is 884 g/mol. The van der Waals surface area contributed by atoms with Crippen molar-refractivity contribution in [1.29, 1.82) is 0 Å². The number of hydrogen-bond donors (Lipinski definition) is 3. The van der Waals surface area contributed by atoms with Gasteiger partial charge in [0.05, 0.1) is 41.7 Å². The molecule has 3 aromatic carbocycles. The Labute approximate surface area is 381 Å². The second-order valence-corrected chi connectivity index (χ2v) is 18.2. The normalized spacial score (nSPS) is 18.9. The number of aromatic nitrogens is 10. The molecule has 1 aliphatic carbocycles. The second-order valence-electron chi connectivity index (χ2n) is 18.2. The number of nitrogens with zero attached hydrogens (tertiary/aromatic N) is 12. The maximum absolute atomic E-state index is 14.8. The van der Waals surface area contributed by atoms with E-state index in [0.717, 1.165) is 83.7 Å². The van der Waals surface area contributed by atoms with Crippen LogP contribution in [0.3, 0.4) is 0 Å². The molecule has 2 aliphatic heterocycles. The summed E-state index contributed by atoms with van der Waals surface area (Å²) in [5.41, 5.74) is 14.0. The maximum atomic E-state index is 14.8. The molecule has 8 aromatic rings. The first-order valence-electron chi connectivity index (χ1n) is 22.9. The molecule has 17 nitrogen and oxygen atoms in total. The van der Waals surface area contributed by atoms with Crippen molar-refractivity contribution in [2.75, 3.05) is 48.3 Å². The molecule has 3 atom stereocenters. The molecule has 66 heavy (non-hydrogen) atoms. The smallest absolute Gasteiger partial charge is 0.251 e. The number of carbonyl (C=O) groups is 1. The molecule has 4 N–H and O–H groups in total. The average Bonchev–Trinajstić information content (AvgIpc) is 3.75. The van der Waals surface area contributed by atoms with Gasteiger partial charge in [-0.05, 0) is 106 Å². The molecule has 1 saturated carbocycles. The van der Waals surface area contributed by atoms with Crippen LogP contribution < -0.4 is 25.6 Å². The maximum Gasteiger partial charge on any atom is 0.251 e. The molecular formula is C49H53N15O2. The number of aryl methyl sites for hydroxylation is 1. The molecule has 0 radical (unpaired) electrons. The van der Waals surface area contributed by atoms with Crippen LogP contribution >= 0.6 is 0 Å². The molecule has 5 aromatic heterocycles. The van der Waals surface area contributed by atoms with Gasteiger partial charge in [-0.3, -0.25) is 4.79 Å². The van der Waals surface area contributed by atoms with Crippen molar-refractivity contribution in [3.63, 3.8) is 0 Å². The van der Waals surface area contributed by atoms with E-state index in [1.165, 1.54) is 6.33 Å². The van der Waals surface area contributed by atoms with Gasteiger partial charge < -0.3 is 35.5 Å². The second kappa shape index (κ2) is 16.9. The van der Waals surface area contributed by atoms with Crippen LogP contribution in [0.15, 0.2) is 97.5 Å². The first-order chi connectivity index (χ1) is 32.1. The Balaban J connectivity index is 0.897. The standard InChI is InChI=1S/C49H53N15O2/c1-29-12-19-39-40(21-29)56-41(55-39)27-62(49-58-48(61-24-31(3)54-32(4)25-61)57-45-38(33-13-14-33)22-53-64(45)49)23-30(2)47(65)60-20-8-9-35(26-60)63-46-42(44(50)51-28-52-46)43(59-63)34-15-17-37(18-16-34)66-36-10-6-5-7-11-36/h5-7,10-12,15-19,21-22,28,31-33,35,54H,2,8-9,13-14,20,23-27H2,1,3-4H3,(H,55,56)(H2,50,51,52)/t31-,32+,35-/m1/s1. The van der Waals surface area contributed by atoms with Crippen molar-refractivity contribution < 1.29 is 9.53 Å². The molecule has 7 heterocycles. The van der Waals surface area contributed by atoms with Crippen molar-refractivity contribution in [1.82, 2.24) is 59.5 Å². The summed E-state index contributed by atoms with van der Waals surface area (Å²) < 4.78 is 9.81. The lowest BCUT2D eigenvalue weighted by Crippen LogP contribution is -2.54. The number of imidazole rings is 1. The van der Waals surface area contributed by atoms with E-state index in [4.69, 9.17) is 35.6 Å². The monoisotopic (exact) mass is 883 g/mol. The van der Waals surface area contributed by atoms with Gasteiger partial charge >= 0.3 is 0 Å². The van der Waals surface area contributed by atoms with E-state index >= 15 is 0 Å². The Morgan fingerprint density at radius 2 is 1.71 bits per heavy atom. The highest BCUT2D eigenvalue weighted by molar-refractivity contribution is 5.98. The molecule has 1 amide bonds. The molecule has 0 unspecified atom stereocenters. The van der Waals surface area contributed by atoms with E-state index < -0.39 is 0 Å². The third-order valence-electron chi connectivity index (χ3n) is 12.9. The topological polar surface area (TPSA) is 189 Å². The lowest BCUT2D eigenvalue weighted by molar-refractivity contribution is -0.128. The van der Waals surface area contributed by atoms with Gasteiger partial charge in [0.1, 0.15) is 35.2 Å². The number of H-pyrrole nitrogens is 1. The van der Waals surface area contributed by atoms with Crippen molar-refractivity contribution in [3.05, 3.63) is 114 Å². The summed E-state index contributed by atoms with van der Waals surface area (Å²) in [6.45, 7) is 13.9. The number of hydrogen-bond acceptors (Lipinski definition) is 13. The number of para-hydroxylation sites is 1. The van der Waals surface area contributed by atoms with Crippen molar-refractivity contribution in [3.8, 4) is 22.8 Å². The van der Waals surface area contributed by atoms with Gasteiger partial charge in [0.25, 0.3) is 5.91 Å². The molecule has 2 saturated heterocycles. The van der Waals surface area contributed by atoms with E-state index in [9.17, 15) is 4.79 Å². The number of fused-ring (bicyclic) bond motifs is 3. The number of likely N-dealkylation sites (tertiary alicyclic amines) is 1. The van der Waals surface area contributed by atoms with Crippen LogP contribution in [0.5, 0.6) is 11.5 Å². The lowest BCUT2D eigenvalue weighted by atomic mass is 10.0. The van der Waals surface area contributed by atoms with Gasteiger partial charge in [0, 0.05) is 55.0 Å². The van der Waals surface area contributed by atoms with Gasteiger partial charge in [0.15, 0.2) is 11.3 Å². The van der Waals surface area contributed by atoms with Crippen LogP contribution in [0.4, 0.5) is 17.7 Å². The molecular weight excluding hydrogens is 831 g/mol. The van der Waals surface area contributed by atoms with Crippen molar-refractivity contribution >= 4 is 51.3 Å². The van der Waals surface area contributed by atoms with Crippen LogP contribution in [0.25, 0.3) is 39.0 Å². The fraction of sp³-hybridized carbons (Fsp3) is 0.347. The summed E-state index contributed by atoms with van der Waals surface area (Å²) in [6, 6.07) is 23.9. The Morgan fingerprint density at radius 1 is 0.924 bits per heavy atom. The highest BCUT2D eigenvalue weighted by Crippen LogP contribution is 2.42. The highest BCUT2D eigenvalue weighted by Gasteiger charge is 2.34. The number of nitrogens with two attached hydrogens (primary N) is 1. The van der Waals surface area contributed by atoms with Crippen molar-refractivity contribution in [2.45, 2.75) is 77.0 Å². The van der Waals surface area contributed by atoms with Gasteiger partial charge in [-0.15, -0.1) is 0 Å². The largest absolute Gasteiger partial charge is 0.457 e. The molecule has 3 fully saturated rings. The van der Waals surface area contributed by atoms with Gasteiger partial charge in [-0.1, -0.05) is 30.8 Å². The molecule has 17 heteroatoms. The number of nitrogens with one attached hydrogen (secondary N) is 2. The number of nitrogen functional groups attached to an aromatic ring is 1.